The van der Waals surface area contributed by atoms with Gasteiger partial charge >= 0.3 is 0 Å². The van der Waals surface area contributed by atoms with Crippen molar-refractivity contribution in [3.8, 4) is 11.4 Å². The van der Waals surface area contributed by atoms with Gasteiger partial charge in [0.2, 0.25) is 5.91 Å². The fraction of sp³-hybridized carbons (Fsp3) is 0.500. The monoisotopic (exact) mass is 299 g/mol. The number of nitrogens with one attached hydrogen (secondary N) is 1. The van der Waals surface area contributed by atoms with Crippen molar-refractivity contribution in [1.29, 1.82) is 0 Å². The first-order valence-corrected chi connectivity index (χ1v) is 7.70. The number of amides is 1. The zero-order valence-electron chi connectivity index (χ0n) is 13.0. The first kappa shape index (κ1) is 14.7. The van der Waals surface area contributed by atoms with Gasteiger partial charge in [-0.3, -0.25) is 9.89 Å². The van der Waals surface area contributed by atoms with Crippen LogP contribution in [-0.4, -0.2) is 44.1 Å². The van der Waals surface area contributed by atoms with Gasteiger partial charge in [0.05, 0.1) is 5.69 Å². The molecule has 0 bridgehead atoms. The highest BCUT2D eigenvalue weighted by atomic mass is 16.2. The summed E-state index contributed by atoms with van der Waals surface area (Å²) < 4.78 is 0. The third-order valence-corrected chi connectivity index (χ3v) is 4.15. The van der Waals surface area contributed by atoms with Gasteiger partial charge in [-0.1, -0.05) is 0 Å². The van der Waals surface area contributed by atoms with Gasteiger partial charge in [-0.15, -0.1) is 0 Å². The van der Waals surface area contributed by atoms with Crippen LogP contribution in [0.25, 0.3) is 11.4 Å². The maximum Gasteiger partial charge on any atom is 0.219 e. The van der Waals surface area contributed by atoms with Gasteiger partial charge in [0, 0.05) is 31.4 Å². The number of nitrogens with zero attached hydrogens (tertiary/aromatic N) is 4. The lowest BCUT2D eigenvalue weighted by atomic mass is 9.93. The fourth-order valence-corrected chi connectivity index (χ4v) is 3.01. The van der Waals surface area contributed by atoms with Crippen LogP contribution in [0, 0.1) is 12.8 Å². The molecule has 1 aliphatic rings. The standard InChI is InChI=1S/C16H21N5O/c1-11-6-16(20-19-11)15-8-14(17-10-18-15)7-13-4-3-5-21(9-13)12(2)22/h6,8,10,13H,3-5,7,9H2,1-2H3,(H,19,20). The normalized spacial score (nSPS) is 18.5. The minimum absolute atomic E-state index is 0.167. The van der Waals surface area contributed by atoms with E-state index >= 15 is 0 Å². The summed E-state index contributed by atoms with van der Waals surface area (Å²) in [5.74, 6) is 0.640. The van der Waals surface area contributed by atoms with Crippen molar-refractivity contribution < 1.29 is 4.79 Å². The van der Waals surface area contributed by atoms with Gasteiger partial charge in [-0.25, -0.2) is 9.97 Å². The summed E-state index contributed by atoms with van der Waals surface area (Å²) in [6.07, 6.45) is 4.69. The molecule has 1 amide bonds. The average molecular weight is 299 g/mol. The van der Waals surface area contributed by atoms with Gasteiger partial charge in [0.25, 0.3) is 0 Å². The minimum Gasteiger partial charge on any atom is -0.343 e. The van der Waals surface area contributed by atoms with E-state index in [1.807, 2.05) is 24.0 Å². The second-order valence-corrected chi connectivity index (χ2v) is 6.01. The first-order valence-electron chi connectivity index (χ1n) is 7.70. The van der Waals surface area contributed by atoms with Crippen LogP contribution in [0.5, 0.6) is 0 Å². The molecule has 6 nitrogen and oxygen atoms in total. The topological polar surface area (TPSA) is 74.8 Å². The van der Waals surface area contributed by atoms with E-state index in [0.29, 0.717) is 5.92 Å². The molecule has 3 heterocycles. The Hall–Kier alpha value is -2.24. The van der Waals surface area contributed by atoms with Gasteiger partial charge in [-0.05, 0) is 44.2 Å². The largest absolute Gasteiger partial charge is 0.343 e. The van der Waals surface area contributed by atoms with E-state index in [1.54, 1.807) is 13.3 Å². The Morgan fingerprint density at radius 2 is 2.23 bits per heavy atom. The molecule has 1 atom stereocenters. The number of carbonyl (C=O) groups is 1. The number of aromatic amines is 1. The van der Waals surface area contributed by atoms with Crippen LogP contribution < -0.4 is 0 Å². The van der Waals surface area contributed by atoms with Gasteiger partial charge < -0.3 is 4.90 Å². The van der Waals surface area contributed by atoms with E-state index in [1.165, 1.54) is 0 Å². The highest BCUT2D eigenvalue weighted by molar-refractivity contribution is 5.73. The molecule has 1 N–H and O–H groups in total. The molecule has 1 aliphatic heterocycles. The third-order valence-electron chi connectivity index (χ3n) is 4.15. The predicted octanol–water partition coefficient (Wildman–Crippen LogP) is 1.98. The van der Waals surface area contributed by atoms with E-state index in [0.717, 1.165) is 55.1 Å². The second kappa shape index (κ2) is 6.25. The van der Waals surface area contributed by atoms with E-state index in [9.17, 15) is 4.79 Å². The Kier molecular flexibility index (Phi) is 4.18. The van der Waals surface area contributed by atoms with Crippen molar-refractivity contribution >= 4 is 5.91 Å². The van der Waals surface area contributed by atoms with Crippen LogP contribution in [0.1, 0.15) is 31.2 Å². The summed E-state index contributed by atoms with van der Waals surface area (Å²) in [5.41, 5.74) is 3.71. The molecule has 22 heavy (non-hydrogen) atoms. The predicted molar refractivity (Wildman–Crippen MR) is 83.0 cm³/mol. The van der Waals surface area contributed by atoms with Crippen molar-refractivity contribution in [2.45, 2.75) is 33.1 Å². The minimum atomic E-state index is 0.167. The summed E-state index contributed by atoms with van der Waals surface area (Å²) in [6.45, 7) is 5.33. The van der Waals surface area contributed by atoms with Crippen molar-refractivity contribution in [1.82, 2.24) is 25.1 Å². The number of rotatable bonds is 3. The van der Waals surface area contributed by atoms with Crippen molar-refractivity contribution in [2.24, 2.45) is 5.92 Å². The number of aromatic nitrogens is 4. The number of carbonyl (C=O) groups excluding carboxylic acids is 1. The maximum atomic E-state index is 11.5. The van der Waals surface area contributed by atoms with E-state index < -0.39 is 0 Å². The smallest absolute Gasteiger partial charge is 0.219 e. The molecule has 1 saturated heterocycles. The second-order valence-electron chi connectivity index (χ2n) is 6.01. The molecule has 0 aromatic carbocycles. The number of piperidine rings is 1. The van der Waals surface area contributed by atoms with Crippen LogP contribution in [0.15, 0.2) is 18.5 Å². The van der Waals surface area contributed by atoms with Crippen LogP contribution in [-0.2, 0) is 11.2 Å². The zero-order valence-corrected chi connectivity index (χ0v) is 13.0. The Labute approximate surface area is 130 Å². The highest BCUT2D eigenvalue weighted by Gasteiger charge is 2.22. The zero-order chi connectivity index (χ0) is 15.5. The van der Waals surface area contributed by atoms with E-state index in [4.69, 9.17) is 0 Å². The molecule has 1 fully saturated rings. The molecule has 3 rings (SSSR count). The SMILES string of the molecule is CC(=O)N1CCCC(Cc2cc(-c3cc(C)[nH]n3)ncn2)C1. The van der Waals surface area contributed by atoms with E-state index in [-0.39, 0.29) is 5.91 Å². The molecule has 2 aromatic rings. The molecule has 116 valence electrons. The lowest BCUT2D eigenvalue weighted by Gasteiger charge is -2.31. The lowest BCUT2D eigenvalue weighted by Crippen LogP contribution is -2.39. The van der Waals surface area contributed by atoms with Crippen molar-refractivity contribution in [3.05, 3.63) is 29.8 Å². The number of likely N-dealkylation sites (tertiary alicyclic amines) is 1. The number of H-pyrrole nitrogens is 1. The Morgan fingerprint density at radius 1 is 1.36 bits per heavy atom. The summed E-state index contributed by atoms with van der Waals surface area (Å²) >= 11 is 0. The molecule has 2 aromatic heterocycles. The van der Waals surface area contributed by atoms with Crippen LogP contribution in [0.3, 0.4) is 0 Å². The number of hydrogen-bond acceptors (Lipinski definition) is 4. The van der Waals surface area contributed by atoms with Crippen LogP contribution in [0.4, 0.5) is 0 Å². The van der Waals surface area contributed by atoms with Gasteiger partial charge in [0.15, 0.2) is 0 Å². The molecular formula is C16H21N5O. The first-order chi connectivity index (χ1) is 10.6. The molecule has 6 heteroatoms. The molecule has 0 aliphatic carbocycles. The number of aryl methyl sites for hydroxylation is 1. The molecule has 1 unspecified atom stereocenters. The van der Waals surface area contributed by atoms with Crippen LogP contribution in [0.2, 0.25) is 0 Å². The summed E-state index contributed by atoms with van der Waals surface area (Å²) in [7, 11) is 0. The number of hydrogen-bond donors (Lipinski definition) is 1. The van der Waals surface area contributed by atoms with Crippen molar-refractivity contribution in [2.75, 3.05) is 13.1 Å². The molecule has 0 spiro atoms. The fourth-order valence-electron chi connectivity index (χ4n) is 3.01. The summed E-state index contributed by atoms with van der Waals surface area (Å²) in [5, 5.41) is 7.17. The maximum absolute atomic E-state index is 11.5. The average Bonchev–Trinajstić information content (AvgIpc) is 2.94. The molecule has 0 radical (unpaired) electrons. The Bertz CT molecular complexity index is 666. The van der Waals surface area contributed by atoms with Gasteiger partial charge in [-0.2, -0.15) is 5.10 Å². The quantitative estimate of drug-likeness (QED) is 0.940. The van der Waals surface area contributed by atoms with Gasteiger partial charge in [0.1, 0.15) is 12.0 Å². The Morgan fingerprint density at radius 3 is 2.95 bits per heavy atom. The third kappa shape index (κ3) is 3.32. The van der Waals surface area contributed by atoms with Crippen LogP contribution >= 0.6 is 0 Å². The Balaban J connectivity index is 1.71. The lowest BCUT2D eigenvalue weighted by molar-refractivity contribution is -0.130. The highest BCUT2D eigenvalue weighted by Crippen LogP contribution is 2.22. The molecular weight excluding hydrogens is 278 g/mol. The summed E-state index contributed by atoms with van der Waals surface area (Å²) in [6, 6.07) is 3.98. The van der Waals surface area contributed by atoms with E-state index in [2.05, 4.69) is 20.2 Å². The molecule has 0 saturated carbocycles. The van der Waals surface area contributed by atoms with Crippen molar-refractivity contribution in [3.63, 3.8) is 0 Å². The summed E-state index contributed by atoms with van der Waals surface area (Å²) in [4.78, 5) is 22.1.